The average molecular weight is 114 g/mol. The summed E-state index contributed by atoms with van der Waals surface area (Å²) in [5.74, 6) is 0. The molecule has 0 aromatic carbocycles. The lowest BCUT2D eigenvalue weighted by Gasteiger charge is -1.87. The summed E-state index contributed by atoms with van der Waals surface area (Å²) in [5.41, 5.74) is 0. The zero-order valence-corrected chi connectivity index (χ0v) is 7.03. The molecule has 0 heterocycles. The van der Waals surface area contributed by atoms with Crippen LogP contribution >= 0.6 is 0 Å². The maximum absolute atomic E-state index is 10.3. The quantitative estimate of drug-likeness (QED) is 0.483. The van der Waals surface area contributed by atoms with Gasteiger partial charge in [-0.1, -0.05) is 13.3 Å². The van der Waals surface area contributed by atoms with E-state index in [1.807, 2.05) is 0 Å². The van der Waals surface area contributed by atoms with Crippen LogP contribution in [0.15, 0.2) is 0 Å². The van der Waals surface area contributed by atoms with Gasteiger partial charge in [-0.2, -0.15) is 0 Å². The first-order chi connectivity index (χ1) is 3.27. The van der Waals surface area contributed by atoms with E-state index in [1.165, 1.54) is 0 Å². The summed E-state index contributed by atoms with van der Waals surface area (Å²) in [6, 6.07) is 0. The fourth-order valence-corrected chi connectivity index (χ4v) is 0.779. The molecule has 0 saturated heterocycles. The van der Waals surface area contributed by atoms with Crippen LogP contribution in [0.4, 0.5) is 0 Å². The van der Waals surface area contributed by atoms with Crippen LogP contribution in [-0.4, -0.2) is 20.9 Å². The van der Waals surface area contributed by atoms with Crippen LogP contribution in [-0.2, 0) is 4.79 Å². The van der Waals surface area contributed by atoms with Gasteiger partial charge in [0.15, 0.2) is 0 Å². The second-order valence-corrected chi connectivity index (χ2v) is 2.92. The summed E-state index contributed by atoms with van der Waals surface area (Å²) in [4.78, 5) is 10.3. The van der Waals surface area contributed by atoms with Gasteiger partial charge in [-0.15, -0.1) is 0 Å². The number of hydrogen-bond donors (Lipinski definition) is 0. The van der Waals surface area contributed by atoms with Crippen molar-refractivity contribution in [2.75, 3.05) is 0 Å². The second kappa shape index (κ2) is 4.36. The molecule has 0 N–H and O–H groups in total. The minimum atomic E-state index is 0.446. The van der Waals surface area contributed by atoms with Gasteiger partial charge in [0, 0.05) is 4.65 Å². The lowest BCUT2D eigenvalue weighted by molar-refractivity contribution is -0.111. The molecule has 0 atom stereocenters. The molecular weight excluding hydrogens is 103 g/mol. The van der Waals surface area contributed by atoms with E-state index >= 15 is 0 Å². The predicted molar refractivity (Wildman–Crippen MR) is 33.1 cm³/mol. The Morgan fingerprint density at radius 3 is 2.43 bits per heavy atom. The predicted octanol–water partition coefficient (Wildman–Crippen LogP) is 0.336. The Morgan fingerprint density at radius 1 is 1.71 bits per heavy atom. The van der Waals surface area contributed by atoms with Gasteiger partial charge in [0.05, 0.1) is 0 Å². The Hall–Kier alpha value is 0.202. The van der Waals surface area contributed by atoms with Gasteiger partial charge in [-0.25, -0.2) is 0 Å². The molecule has 0 bridgehead atoms. The Bertz CT molecular complexity index is 61.1. The second-order valence-electron chi connectivity index (χ2n) is 1.81. The third kappa shape index (κ3) is 6.20. The van der Waals surface area contributed by atoms with E-state index in [2.05, 4.69) is 6.92 Å². The molecule has 0 aliphatic heterocycles. The zero-order valence-electron chi connectivity index (χ0n) is 5.03. The van der Waals surface area contributed by atoms with Crippen LogP contribution < -0.4 is 0 Å². The lowest BCUT2D eigenvalue weighted by atomic mass is 10.3. The van der Waals surface area contributed by atoms with Crippen LogP contribution in [0.5, 0.6) is 0 Å². The first kappa shape index (κ1) is 7.20. The third-order valence-electron chi connectivity index (χ3n) is 0.882. The third-order valence-corrected chi connectivity index (χ3v) is 1.38. The van der Waals surface area contributed by atoms with E-state index in [0.29, 0.717) is 4.65 Å². The highest BCUT2D eigenvalue weighted by atomic mass is 27.0. The largest absolute Gasteiger partial charge is 0.322 e. The molecule has 0 aromatic rings. The lowest BCUT2D eigenvalue weighted by Crippen LogP contribution is -1.93. The minimum Gasteiger partial charge on any atom is -0.322 e. The topological polar surface area (TPSA) is 17.1 Å². The van der Waals surface area contributed by atoms with Crippen molar-refractivity contribution in [2.24, 2.45) is 0 Å². The maximum Gasteiger partial charge on any atom is 0.319 e. The van der Waals surface area contributed by atoms with Gasteiger partial charge in [0.25, 0.3) is 0 Å². The molecule has 7 heavy (non-hydrogen) atoms. The van der Waals surface area contributed by atoms with Crippen molar-refractivity contribution < 1.29 is 4.79 Å². The van der Waals surface area contributed by atoms with E-state index in [9.17, 15) is 4.79 Å². The highest BCUT2D eigenvalue weighted by Crippen LogP contribution is 1.90. The minimum absolute atomic E-state index is 0.446. The van der Waals surface area contributed by atoms with Gasteiger partial charge < -0.3 is 4.79 Å². The van der Waals surface area contributed by atoms with Crippen molar-refractivity contribution in [1.82, 2.24) is 0 Å². The van der Waals surface area contributed by atoms with Gasteiger partial charge in [-0.3, -0.25) is 0 Å². The standard InChI is InChI=1S/C5H9O.Al.2H/c1-2-3-4-5-6;;;/h2-4H2,1H3;;;. The Kier molecular flexibility index (Phi) is 4.49. The molecule has 0 aromatic heterocycles. The van der Waals surface area contributed by atoms with Crippen molar-refractivity contribution >= 4 is 20.9 Å². The van der Waals surface area contributed by atoms with E-state index in [-0.39, 0.29) is 0 Å². The van der Waals surface area contributed by atoms with Gasteiger partial charge in [0.2, 0.25) is 0 Å². The molecule has 0 fully saturated rings. The first-order valence-electron chi connectivity index (χ1n) is 2.76. The van der Waals surface area contributed by atoms with Crippen LogP contribution in [0.3, 0.4) is 0 Å². The van der Waals surface area contributed by atoms with Crippen molar-refractivity contribution in [3.05, 3.63) is 0 Å². The summed E-state index contributed by atoms with van der Waals surface area (Å²) in [6.45, 7) is 2.10. The summed E-state index contributed by atoms with van der Waals surface area (Å²) in [7, 11) is 0. The van der Waals surface area contributed by atoms with Gasteiger partial charge in [-0.05, 0) is 12.8 Å². The van der Waals surface area contributed by atoms with Crippen LogP contribution in [0.25, 0.3) is 0 Å². The van der Waals surface area contributed by atoms with Crippen molar-refractivity contribution in [3.63, 3.8) is 0 Å². The zero-order chi connectivity index (χ0) is 5.70. The Labute approximate surface area is 52.5 Å². The summed E-state index contributed by atoms with van der Waals surface area (Å²) in [5, 5.41) is 0. The number of hydrogen-bond acceptors (Lipinski definition) is 1. The Morgan fingerprint density at radius 2 is 2.29 bits per heavy atom. The summed E-state index contributed by atoms with van der Waals surface area (Å²) >= 11 is 0.744. The van der Waals surface area contributed by atoms with Crippen LogP contribution in [0.2, 0.25) is 0 Å². The number of carbonyl (C=O) groups is 1. The SMILES string of the molecule is CCCC[C](=O)[AlH2]. The maximum atomic E-state index is 10.3. The molecule has 0 saturated carbocycles. The van der Waals surface area contributed by atoms with E-state index in [4.69, 9.17) is 0 Å². The highest BCUT2D eigenvalue weighted by Gasteiger charge is 1.87. The molecule has 40 valence electrons. The molecule has 2 heteroatoms. The van der Waals surface area contributed by atoms with Crippen molar-refractivity contribution in [2.45, 2.75) is 26.2 Å². The summed E-state index contributed by atoms with van der Waals surface area (Å²) in [6.07, 6.45) is 3.05. The van der Waals surface area contributed by atoms with Crippen molar-refractivity contribution in [1.29, 1.82) is 0 Å². The van der Waals surface area contributed by atoms with E-state index in [0.717, 1.165) is 35.6 Å². The van der Waals surface area contributed by atoms with E-state index in [1.54, 1.807) is 0 Å². The fourth-order valence-electron chi connectivity index (χ4n) is 0.426. The molecular formula is C5H11AlO. The molecule has 1 nitrogen and oxygen atoms in total. The molecule has 0 radical (unpaired) electrons. The summed E-state index contributed by atoms with van der Waals surface area (Å²) < 4.78 is 0.446. The average Bonchev–Trinajstić information content (AvgIpc) is 1.61. The van der Waals surface area contributed by atoms with Crippen LogP contribution in [0.1, 0.15) is 26.2 Å². The normalized spacial score (nSPS) is 8.71. The molecule has 0 unspecified atom stereocenters. The van der Waals surface area contributed by atoms with Crippen molar-refractivity contribution in [3.8, 4) is 0 Å². The van der Waals surface area contributed by atoms with Gasteiger partial charge in [0.1, 0.15) is 0 Å². The van der Waals surface area contributed by atoms with Gasteiger partial charge >= 0.3 is 16.3 Å². The molecule has 0 aliphatic carbocycles. The van der Waals surface area contributed by atoms with Crippen LogP contribution in [0, 0.1) is 0 Å². The fraction of sp³-hybridized carbons (Fsp3) is 0.800. The molecule has 0 aliphatic rings. The molecule has 0 rings (SSSR count). The Balaban J connectivity index is 2.82. The first-order valence-corrected chi connectivity index (χ1v) is 3.76. The number of carbonyl (C=O) groups excluding carboxylic acids is 1. The van der Waals surface area contributed by atoms with E-state index < -0.39 is 0 Å². The number of unbranched alkanes of at least 4 members (excludes halogenated alkanes) is 1. The molecule has 0 amide bonds. The monoisotopic (exact) mass is 114 g/mol. The number of rotatable bonds is 3. The highest BCUT2D eigenvalue weighted by molar-refractivity contribution is 6.57. The molecule has 0 spiro atoms. The smallest absolute Gasteiger partial charge is 0.319 e.